The van der Waals surface area contributed by atoms with Crippen LogP contribution in [0.5, 0.6) is 0 Å². The molecule has 0 fully saturated rings. The van der Waals surface area contributed by atoms with Crippen LogP contribution >= 0.6 is 27.3 Å². The molecule has 0 aliphatic carbocycles. The van der Waals surface area contributed by atoms with E-state index in [9.17, 15) is 18.0 Å². The van der Waals surface area contributed by atoms with Gasteiger partial charge in [-0.3, -0.25) is 0 Å². The van der Waals surface area contributed by atoms with Crippen molar-refractivity contribution < 1.29 is 23.1 Å². The van der Waals surface area contributed by atoms with Crippen molar-refractivity contribution in [2.24, 2.45) is 0 Å². The Balaban J connectivity index is 1.84. The summed E-state index contributed by atoms with van der Waals surface area (Å²) in [6.07, 6.45) is -3.95. The van der Waals surface area contributed by atoms with Crippen molar-refractivity contribution in [3.63, 3.8) is 0 Å². The summed E-state index contributed by atoms with van der Waals surface area (Å²) in [5, 5.41) is 11.4. The number of hydrogen-bond acceptors (Lipinski definition) is 3. The second-order valence-electron chi connectivity index (χ2n) is 5.49. The van der Waals surface area contributed by atoms with E-state index >= 15 is 0 Å². The Bertz CT molecular complexity index is 969. The van der Waals surface area contributed by atoms with Crippen LogP contribution in [0.25, 0.3) is 11.3 Å². The maximum Gasteiger partial charge on any atom is 0.416 e. The molecule has 2 aromatic carbocycles. The fraction of sp³-hybridized carbons (Fsp3) is 0.111. The number of halogens is 4. The third kappa shape index (κ3) is 4.13. The smallest absolute Gasteiger partial charge is 0.416 e. The molecule has 0 saturated carbocycles. The molecule has 0 radical (unpaired) electrons. The first-order valence-electron chi connectivity index (χ1n) is 7.38. The molecule has 0 spiro atoms. The van der Waals surface area contributed by atoms with E-state index in [0.29, 0.717) is 22.2 Å². The van der Waals surface area contributed by atoms with Crippen LogP contribution in [0.4, 0.5) is 13.2 Å². The van der Waals surface area contributed by atoms with E-state index < -0.39 is 17.7 Å². The molecule has 3 aromatic rings. The molecule has 0 amide bonds. The van der Waals surface area contributed by atoms with Crippen molar-refractivity contribution in [1.82, 2.24) is 4.98 Å². The first-order chi connectivity index (χ1) is 12.2. The highest BCUT2D eigenvalue weighted by atomic mass is 79.9. The lowest BCUT2D eigenvalue weighted by atomic mass is 10.1. The summed E-state index contributed by atoms with van der Waals surface area (Å²) in [6.45, 7) is 0. The number of carboxylic acid groups (broad SMARTS) is 1. The maximum atomic E-state index is 12.8. The van der Waals surface area contributed by atoms with Crippen molar-refractivity contribution in [2.45, 2.75) is 12.6 Å². The van der Waals surface area contributed by atoms with Crippen molar-refractivity contribution in [1.29, 1.82) is 0 Å². The summed E-state index contributed by atoms with van der Waals surface area (Å²) in [7, 11) is 0. The molecule has 26 heavy (non-hydrogen) atoms. The topological polar surface area (TPSA) is 50.2 Å². The minimum absolute atomic E-state index is 0.171. The molecular formula is C18H11BrF3NO2S. The van der Waals surface area contributed by atoms with Crippen LogP contribution in [0.1, 0.15) is 26.5 Å². The number of rotatable bonds is 4. The zero-order chi connectivity index (χ0) is 18.9. The monoisotopic (exact) mass is 441 g/mol. The summed E-state index contributed by atoms with van der Waals surface area (Å²) >= 11 is 4.69. The Kier molecular flexibility index (Phi) is 5.15. The van der Waals surface area contributed by atoms with E-state index in [0.717, 1.165) is 22.7 Å². The lowest BCUT2D eigenvalue weighted by Gasteiger charge is -2.07. The van der Waals surface area contributed by atoms with E-state index in [4.69, 9.17) is 5.11 Å². The van der Waals surface area contributed by atoms with E-state index in [1.165, 1.54) is 29.5 Å². The first-order valence-corrected chi connectivity index (χ1v) is 9.05. The molecule has 1 N–H and O–H groups in total. The summed E-state index contributed by atoms with van der Waals surface area (Å²) in [5.74, 6) is -1.02. The largest absolute Gasteiger partial charge is 0.478 e. The summed E-state index contributed by atoms with van der Waals surface area (Å²) in [4.78, 5) is 15.4. The van der Waals surface area contributed by atoms with E-state index in [2.05, 4.69) is 20.9 Å². The fourth-order valence-corrected chi connectivity index (χ4v) is 3.71. The van der Waals surface area contributed by atoms with Gasteiger partial charge in [0, 0.05) is 21.8 Å². The van der Waals surface area contributed by atoms with Crippen LogP contribution in [0.15, 0.2) is 52.3 Å². The zero-order valence-electron chi connectivity index (χ0n) is 13.0. The number of aromatic carboxylic acids is 1. The van der Waals surface area contributed by atoms with Crippen LogP contribution in [-0.2, 0) is 12.6 Å². The van der Waals surface area contributed by atoms with E-state index in [1.54, 1.807) is 17.5 Å². The number of alkyl halides is 3. The lowest BCUT2D eigenvalue weighted by molar-refractivity contribution is -0.137. The number of aromatic nitrogens is 1. The van der Waals surface area contributed by atoms with Gasteiger partial charge >= 0.3 is 12.1 Å². The maximum absolute atomic E-state index is 12.8. The summed E-state index contributed by atoms with van der Waals surface area (Å²) in [5.41, 5.74) is 1.19. The highest BCUT2D eigenvalue weighted by Crippen LogP contribution is 2.33. The third-order valence-electron chi connectivity index (χ3n) is 3.68. The fourth-order valence-electron chi connectivity index (χ4n) is 2.37. The zero-order valence-corrected chi connectivity index (χ0v) is 15.5. The molecule has 3 rings (SSSR count). The lowest BCUT2D eigenvalue weighted by Crippen LogP contribution is -2.04. The molecular weight excluding hydrogens is 431 g/mol. The van der Waals surface area contributed by atoms with Gasteiger partial charge in [0.15, 0.2) is 0 Å². The SMILES string of the molecule is O=C(O)c1ccc(Cc2nc(-c3cccc(C(F)(F)F)c3)cs2)c(Br)c1. The quantitative estimate of drug-likeness (QED) is 0.549. The van der Waals surface area contributed by atoms with Crippen molar-refractivity contribution in [3.8, 4) is 11.3 Å². The van der Waals surface area contributed by atoms with Crippen molar-refractivity contribution in [2.75, 3.05) is 0 Å². The number of nitrogens with zero attached hydrogens (tertiary/aromatic N) is 1. The second-order valence-corrected chi connectivity index (χ2v) is 7.29. The van der Waals surface area contributed by atoms with Gasteiger partial charge in [-0.1, -0.05) is 34.1 Å². The predicted molar refractivity (Wildman–Crippen MR) is 96.5 cm³/mol. The van der Waals surface area contributed by atoms with Gasteiger partial charge in [-0.25, -0.2) is 9.78 Å². The van der Waals surface area contributed by atoms with E-state index in [-0.39, 0.29) is 5.56 Å². The number of carboxylic acids is 1. The van der Waals surface area contributed by atoms with Crippen LogP contribution in [0.2, 0.25) is 0 Å². The van der Waals surface area contributed by atoms with Gasteiger partial charge in [0.05, 0.1) is 21.8 Å². The van der Waals surface area contributed by atoms with Crippen LogP contribution < -0.4 is 0 Å². The van der Waals surface area contributed by atoms with Crippen molar-refractivity contribution in [3.05, 3.63) is 74.0 Å². The molecule has 0 bridgehead atoms. The number of carbonyl (C=O) groups is 1. The Hall–Kier alpha value is -2.19. The number of thiazole rings is 1. The predicted octanol–water partition coefficient (Wildman–Crippen LogP) is 5.88. The number of hydrogen-bond donors (Lipinski definition) is 1. The molecule has 3 nitrogen and oxygen atoms in total. The van der Waals surface area contributed by atoms with Gasteiger partial charge < -0.3 is 5.11 Å². The van der Waals surface area contributed by atoms with Gasteiger partial charge in [0.25, 0.3) is 0 Å². The average molecular weight is 442 g/mol. The molecule has 8 heteroatoms. The minimum atomic E-state index is -4.40. The van der Waals surface area contributed by atoms with Gasteiger partial charge in [0.2, 0.25) is 0 Å². The molecule has 0 unspecified atom stereocenters. The Morgan fingerprint density at radius 1 is 1.19 bits per heavy atom. The van der Waals surface area contributed by atoms with E-state index in [1.807, 2.05) is 0 Å². The molecule has 134 valence electrons. The van der Waals surface area contributed by atoms with Crippen LogP contribution in [-0.4, -0.2) is 16.1 Å². The van der Waals surface area contributed by atoms with Crippen molar-refractivity contribution >= 4 is 33.2 Å². The third-order valence-corrected chi connectivity index (χ3v) is 5.27. The summed E-state index contributed by atoms with van der Waals surface area (Å²) in [6, 6.07) is 9.76. The molecule has 0 aliphatic rings. The van der Waals surface area contributed by atoms with Crippen LogP contribution in [0.3, 0.4) is 0 Å². The molecule has 0 aliphatic heterocycles. The van der Waals surface area contributed by atoms with Gasteiger partial charge in [0.1, 0.15) is 0 Å². The molecule has 1 heterocycles. The number of benzene rings is 2. The molecule has 0 atom stereocenters. The highest BCUT2D eigenvalue weighted by Gasteiger charge is 2.30. The van der Waals surface area contributed by atoms with Crippen LogP contribution in [0, 0.1) is 0 Å². The van der Waals surface area contributed by atoms with Gasteiger partial charge in [-0.05, 0) is 29.8 Å². The first kappa shape index (κ1) is 18.6. The normalized spacial score (nSPS) is 11.5. The van der Waals surface area contributed by atoms with Gasteiger partial charge in [-0.2, -0.15) is 13.2 Å². The minimum Gasteiger partial charge on any atom is -0.478 e. The Labute approximate surface area is 159 Å². The molecule has 0 saturated heterocycles. The summed E-state index contributed by atoms with van der Waals surface area (Å²) < 4.78 is 39.2. The Morgan fingerprint density at radius 3 is 2.62 bits per heavy atom. The Morgan fingerprint density at radius 2 is 1.96 bits per heavy atom. The molecule has 1 aromatic heterocycles. The highest BCUT2D eigenvalue weighted by molar-refractivity contribution is 9.10. The standard InChI is InChI=1S/C18H11BrF3NO2S/c19-14-7-12(17(24)25)5-4-10(14)8-16-23-15(9-26-16)11-2-1-3-13(6-11)18(20,21)22/h1-7,9H,8H2,(H,24,25). The van der Waals surface area contributed by atoms with Gasteiger partial charge in [-0.15, -0.1) is 11.3 Å². The second kappa shape index (κ2) is 7.20. The average Bonchev–Trinajstić information content (AvgIpc) is 3.04.